The van der Waals surface area contributed by atoms with Crippen LogP contribution in [-0.4, -0.2) is 9.97 Å². The molecular weight excluding hydrogens is 556 g/mol. The summed E-state index contributed by atoms with van der Waals surface area (Å²) in [6.45, 7) is 0. The lowest BCUT2D eigenvalue weighted by atomic mass is 9.91. The summed E-state index contributed by atoms with van der Waals surface area (Å²) in [5, 5.41) is 7.18. The van der Waals surface area contributed by atoms with Crippen molar-refractivity contribution in [3.63, 3.8) is 0 Å². The first-order valence-electron chi connectivity index (χ1n) is 15.7. The quantitative estimate of drug-likeness (QED) is 0.206. The monoisotopic (exact) mass is 584 g/mol. The van der Waals surface area contributed by atoms with Crippen molar-refractivity contribution in [2.45, 2.75) is 0 Å². The van der Waals surface area contributed by atoms with E-state index in [0.29, 0.717) is 0 Å². The Balaban J connectivity index is 1.30. The first kappa shape index (κ1) is 26.3. The number of benzene rings is 7. The molecule has 0 saturated carbocycles. The van der Waals surface area contributed by atoms with Crippen LogP contribution in [0.15, 0.2) is 170 Å². The van der Waals surface area contributed by atoms with Gasteiger partial charge in [0.05, 0.1) is 16.7 Å². The van der Waals surface area contributed by atoms with E-state index in [0.717, 1.165) is 49.8 Å². The molecule has 0 bridgehead atoms. The van der Waals surface area contributed by atoms with Gasteiger partial charge in [0.2, 0.25) is 0 Å². The third-order valence-electron chi connectivity index (χ3n) is 9.11. The summed E-state index contributed by atoms with van der Waals surface area (Å²) in [4.78, 5) is 9.90. The summed E-state index contributed by atoms with van der Waals surface area (Å²) in [5.74, 6) is 0. The Hall–Kier alpha value is -6.12. The van der Waals surface area contributed by atoms with Crippen molar-refractivity contribution in [1.29, 1.82) is 0 Å². The Morgan fingerprint density at radius 3 is 1.72 bits per heavy atom. The van der Waals surface area contributed by atoms with E-state index in [2.05, 4.69) is 163 Å². The minimum absolute atomic E-state index is 0.969. The van der Waals surface area contributed by atoms with Gasteiger partial charge in [-0.15, -0.1) is 0 Å². The molecule has 9 rings (SSSR count). The fourth-order valence-corrected chi connectivity index (χ4v) is 6.90. The molecule has 7 aromatic carbocycles. The van der Waals surface area contributed by atoms with E-state index in [4.69, 9.17) is 4.98 Å². The van der Waals surface area contributed by atoms with Gasteiger partial charge in [0.15, 0.2) is 0 Å². The lowest BCUT2D eigenvalue weighted by molar-refractivity contribution is 1.40. The second kappa shape index (κ2) is 10.8. The van der Waals surface area contributed by atoms with Gasteiger partial charge < -0.3 is 0 Å². The Morgan fingerprint density at radius 2 is 0.913 bits per heavy atom. The molecule has 2 heteroatoms. The fourth-order valence-electron chi connectivity index (χ4n) is 6.90. The summed E-state index contributed by atoms with van der Waals surface area (Å²) >= 11 is 0. The maximum Gasteiger partial charge on any atom is 0.0722 e. The predicted molar refractivity (Wildman–Crippen MR) is 194 cm³/mol. The van der Waals surface area contributed by atoms with E-state index in [1.807, 2.05) is 12.3 Å². The molecule has 9 aromatic rings. The van der Waals surface area contributed by atoms with Crippen LogP contribution in [0.4, 0.5) is 0 Å². The molecule has 0 aliphatic rings. The standard InChI is InChI=1S/C44H28N2/c1-3-16-34-29(10-1)12-8-19-36(34)33-22-23-43-41(27-33)40(28-44(46-43)39-20-9-13-30-11-2-4-17-35(30)39)32-15-7-14-31(26-32)37-24-25-45-42-21-6-5-18-38(37)42/h1-28H. The van der Waals surface area contributed by atoms with Crippen LogP contribution in [-0.2, 0) is 0 Å². The van der Waals surface area contributed by atoms with Crippen LogP contribution in [0.1, 0.15) is 0 Å². The third kappa shape index (κ3) is 4.43. The van der Waals surface area contributed by atoms with E-state index in [1.165, 1.54) is 38.2 Å². The van der Waals surface area contributed by atoms with Gasteiger partial charge in [-0.3, -0.25) is 4.98 Å². The predicted octanol–water partition coefficient (Wildman–Crippen LogP) is 11.8. The van der Waals surface area contributed by atoms with E-state index >= 15 is 0 Å². The lowest BCUT2D eigenvalue weighted by Crippen LogP contribution is -1.93. The number of aromatic nitrogens is 2. The molecule has 0 spiro atoms. The summed E-state index contributed by atoms with van der Waals surface area (Å²) in [7, 11) is 0. The van der Waals surface area contributed by atoms with Gasteiger partial charge in [0.1, 0.15) is 0 Å². The average molecular weight is 585 g/mol. The molecule has 2 heterocycles. The molecule has 214 valence electrons. The van der Waals surface area contributed by atoms with Gasteiger partial charge in [0, 0.05) is 22.5 Å². The highest BCUT2D eigenvalue weighted by molar-refractivity contribution is 6.05. The van der Waals surface area contributed by atoms with E-state index < -0.39 is 0 Å². The maximum atomic E-state index is 5.29. The molecule has 46 heavy (non-hydrogen) atoms. The third-order valence-corrected chi connectivity index (χ3v) is 9.11. The topological polar surface area (TPSA) is 25.8 Å². The van der Waals surface area contributed by atoms with Gasteiger partial charge in [-0.1, -0.05) is 127 Å². The van der Waals surface area contributed by atoms with Crippen molar-refractivity contribution in [3.05, 3.63) is 170 Å². The van der Waals surface area contributed by atoms with Crippen LogP contribution in [0.3, 0.4) is 0 Å². The van der Waals surface area contributed by atoms with Crippen molar-refractivity contribution in [2.24, 2.45) is 0 Å². The van der Waals surface area contributed by atoms with Crippen molar-refractivity contribution in [1.82, 2.24) is 9.97 Å². The highest BCUT2D eigenvalue weighted by Gasteiger charge is 2.15. The number of nitrogens with zero attached hydrogens (tertiary/aromatic N) is 2. The SMILES string of the molecule is c1cc(-c2ccnc3ccccc23)cc(-c2cc(-c3cccc4ccccc34)nc3ccc(-c4cccc5ccccc45)cc23)c1. The first-order chi connectivity index (χ1) is 22.8. The second-order valence-corrected chi connectivity index (χ2v) is 11.8. The number of para-hydroxylation sites is 1. The van der Waals surface area contributed by atoms with Crippen LogP contribution >= 0.6 is 0 Å². The highest BCUT2D eigenvalue weighted by Crippen LogP contribution is 2.39. The normalized spacial score (nSPS) is 11.5. The molecule has 2 nitrogen and oxygen atoms in total. The van der Waals surface area contributed by atoms with Gasteiger partial charge in [-0.25, -0.2) is 4.98 Å². The molecular formula is C44H28N2. The first-order valence-corrected chi connectivity index (χ1v) is 15.7. The van der Waals surface area contributed by atoms with Gasteiger partial charge >= 0.3 is 0 Å². The average Bonchev–Trinajstić information content (AvgIpc) is 3.13. The van der Waals surface area contributed by atoms with Crippen LogP contribution < -0.4 is 0 Å². The fraction of sp³-hybridized carbons (Fsp3) is 0. The van der Waals surface area contributed by atoms with Crippen LogP contribution in [0.25, 0.3) is 88.0 Å². The Bertz CT molecular complexity index is 2580. The number of hydrogen-bond donors (Lipinski definition) is 0. The minimum atomic E-state index is 0.969. The number of fused-ring (bicyclic) bond motifs is 4. The number of hydrogen-bond acceptors (Lipinski definition) is 2. The van der Waals surface area contributed by atoms with Crippen molar-refractivity contribution in [2.75, 3.05) is 0 Å². The van der Waals surface area contributed by atoms with Crippen LogP contribution in [0.2, 0.25) is 0 Å². The molecule has 0 aliphatic heterocycles. The molecule has 2 aromatic heterocycles. The smallest absolute Gasteiger partial charge is 0.0722 e. The summed E-state index contributed by atoms with van der Waals surface area (Å²) < 4.78 is 0. The largest absolute Gasteiger partial charge is 0.256 e. The summed E-state index contributed by atoms with van der Waals surface area (Å²) in [6.07, 6.45) is 1.90. The molecule has 0 saturated heterocycles. The second-order valence-electron chi connectivity index (χ2n) is 11.8. The zero-order valence-electron chi connectivity index (χ0n) is 25.1. The molecule has 0 aliphatic carbocycles. The Labute approximate surface area is 267 Å². The van der Waals surface area contributed by atoms with Crippen molar-refractivity contribution < 1.29 is 0 Å². The lowest BCUT2D eigenvalue weighted by Gasteiger charge is -2.15. The zero-order chi connectivity index (χ0) is 30.5. The van der Waals surface area contributed by atoms with Crippen molar-refractivity contribution in [3.8, 4) is 44.6 Å². The van der Waals surface area contributed by atoms with Gasteiger partial charge in [-0.05, 0) is 91.3 Å². The van der Waals surface area contributed by atoms with E-state index in [1.54, 1.807) is 0 Å². The van der Waals surface area contributed by atoms with Crippen LogP contribution in [0, 0.1) is 0 Å². The maximum absolute atomic E-state index is 5.29. The summed E-state index contributed by atoms with van der Waals surface area (Å²) in [5.41, 5.74) is 11.1. The molecule has 0 amide bonds. The highest BCUT2D eigenvalue weighted by atomic mass is 14.7. The molecule has 0 fully saturated rings. The molecule has 0 radical (unpaired) electrons. The Morgan fingerprint density at radius 1 is 0.326 bits per heavy atom. The Kier molecular flexibility index (Phi) is 6.17. The minimum Gasteiger partial charge on any atom is -0.256 e. The van der Waals surface area contributed by atoms with E-state index in [9.17, 15) is 0 Å². The summed E-state index contributed by atoms with van der Waals surface area (Å²) in [6, 6.07) is 58.5. The van der Waals surface area contributed by atoms with E-state index in [-0.39, 0.29) is 0 Å². The van der Waals surface area contributed by atoms with Gasteiger partial charge in [0.25, 0.3) is 0 Å². The number of rotatable bonds is 4. The molecule has 0 atom stereocenters. The van der Waals surface area contributed by atoms with Crippen LogP contribution in [0.5, 0.6) is 0 Å². The van der Waals surface area contributed by atoms with Gasteiger partial charge in [-0.2, -0.15) is 0 Å². The van der Waals surface area contributed by atoms with Crippen molar-refractivity contribution >= 4 is 43.4 Å². The molecule has 0 unspecified atom stereocenters. The zero-order valence-corrected chi connectivity index (χ0v) is 25.1. The molecule has 0 N–H and O–H groups in total. The number of pyridine rings is 2.